The summed E-state index contributed by atoms with van der Waals surface area (Å²) in [7, 11) is 0. The van der Waals surface area contributed by atoms with Crippen LogP contribution in [0.4, 0.5) is 0 Å². The van der Waals surface area contributed by atoms with Crippen LogP contribution in [-0.4, -0.2) is 84.5 Å². The first kappa shape index (κ1) is 16.6. The Morgan fingerprint density at radius 2 is 1.90 bits per heavy atom. The Labute approximate surface area is 127 Å². The van der Waals surface area contributed by atoms with E-state index < -0.39 is 0 Å². The van der Waals surface area contributed by atoms with Crippen LogP contribution >= 0.6 is 11.8 Å². The third-order valence-corrected chi connectivity index (χ3v) is 5.35. The van der Waals surface area contributed by atoms with Crippen molar-refractivity contribution in [3.63, 3.8) is 0 Å². The van der Waals surface area contributed by atoms with Gasteiger partial charge in [0.2, 0.25) is 0 Å². The molecule has 2 unspecified atom stereocenters. The van der Waals surface area contributed by atoms with Gasteiger partial charge in [0, 0.05) is 38.0 Å². The maximum Gasteiger partial charge on any atom is 0.0793 e. The summed E-state index contributed by atoms with van der Waals surface area (Å²) in [5.74, 6) is 1.20. The number of hydrogen-bond donors (Lipinski definition) is 1. The summed E-state index contributed by atoms with van der Waals surface area (Å²) >= 11 is 2.08. The van der Waals surface area contributed by atoms with Gasteiger partial charge in [-0.2, -0.15) is 11.8 Å². The van der Waals surface area contributed by atoms with Gasteiger partial charge < -0.3 is 9.84 Å². The lowest BCUT2D eigenvalue weighted by molar-refractivity contribution is 0.00726. The van der Waals surface area contributed by atoms with Crippen molar-refractivity contribution in [3.05, 3.63) is 0 Å². The van der Waals surface area contributed by atoms with Gasteiger partial charge >= 0.3 is 0 Å². The lowest BCUT2D eigenvalue weighted by atomic mass is 10.2. The van der Waals surface area contributed by atoms with Crippen LogP contribution in [0.1, 0.15) is 26.2 Å². The molecular weight excluding hydrogens is 272 g/mol. The third kappa shape index (κ3) is 5.90. The second-order valence-corrected chi connectivity index (χ2v) is 7.48. The van der Waals surface area contributed by atoms with Crippen molar-refractivity contribution in [2.24, 2.45) is 0 Å². The molecule has 4 nitrogen and oxygen atoms in total. The number of morpholine rings is 1. The van der Waals surface area contributed by atoms with Gasteiger partial charge in [0.1, 0.15) is 0 Å². The zero-order valence-electron chi connectivity index (χ0n) is 12.8. The molecule has 0 aliphatic carbocycles. The Bertz CT molecular complexity index is 262. The minimum Gasteiger partial charge on any atom is -0.390 e. The lowest BCUT2D eigenvalue weighted by Crippen LogP contribution is -2.45. The van der Waals surface area contributed by atoms with Crippen molar-refractivity contribution in [2.75, 3.05) is 58.2 Å². The first-order valence-electron chi connectivity index (χ1n) is 8.10. The fourth-order valence-electron chi connectivity index (χ4n) is 3.15. The van der Waals surface area contributed by atoms with Crippen LogP contribution in [0.2, 0.25) is 0 Å². The first-order valence-corrected chi connectivity index (χ1v) is 9.15. The molecule has 118 valence electrons. The molecule has 0 amide bonds. The standard InChI is InChI=1S/C15H30N2O2S/c1-2-20-15-5-3-4-6-17(13-15)12-14(18)11-16-7-9-19-10-8-16/h14-15,18H,2-13H2,1H3. The van der Waals surface area contributed by atoms with Crippen molar-refractivity contribution in [2.45, 2.75) is 37.5 Å². The minimum atomic E-state index is -0.224. The number of rotatable bonds is 6. The quantitative estimate of drug-likeness (QED) is 0.800. The van der Waals surface area contributed by atoms with Crippen molar-refractivity contribution in [3.8, 4) is 0 Å². The Morgan fingerprint density at radius 1 is 1.15 bits per heavy atom. The zero-order chi connectivity index (χ0) is 14.2. The highest BCUT2D eigenvalue weighted by Crippen LogP contribution is 2.22. The van der Waals surface area contributed by atoms with Crippen LogP contribution in [0.25, 0.3) is 0 Å². The maximum absolute atomic E-state index is 10.3. The monoisotopic (exact) mass is 302 g/mol. The molecule has 20 heavy (non-hydrogen) atoms. The molecule has 0 bridgehead atoms. The van der Waals surface area contributed by atoms with Crippen LogP contribution in [0.15, 0.2) is 0 Å². The molecule has 2 rings (SSSR count). The molecule has 2 atom stereocenters. The molecule has 2 heterocycles. The third-order valence-electron chi connectivity index (χ3n) is 4.16. The van der Waals surface area contributed by atoms with Gasteiger partial charge in [0.25, 0.3) is 0 Å². The summed E-state index contributed by atoms with van der Waals surface area (Å²) in [4.78, 5) is 4.80. The van der Waals surface area contributed by atoms with E-state index in [-0.39, 0.29) is 6.10 Å². The zero-order valence-corrected chi connectivity index (χ0v) is 13.6. The molecule has 2 aliphatic heterocycles. The molecule has 0 aromatic carbocycles. The molecule has 0 aromatic heterocycles. The van der Waals surface area contributed by atoms with E-state index in [2.05, 4.69) is 28.5 Å². The predicted octanol–water partition coefficient (Wildman–Crippen LogP) is 1.29. The van der Waals surface area contributed by atoms with Crippen LogP contribution in [0, 0.1) is 0 Å². The maximum atomic E-state index is 10.3. The van der Waals surface area contributed by atoms with Crippen LogP contribution in [-0.2, 0) is 4.74 Å². The first-order chi connectivity index (χ1) is 9.78. The van der Waals surface area contributed by atoms with Gasteiger partial charge in [-0.15, -0.1) is 0 Å². The smallest absolute Gasteiger partial charge is 0.0793 e. The summed E-state index contributed by atoms with van der Waals surface area (Å²) in [6.07, 6.45) is 3.74. The molecule has 2 saturated heterocycles. The summed E-state index contributed by atoms with van der Waals surface area (Å²) < 4.78 is 5.35. The van der Waals surface area contributed by atoms with Crippen LogP contribution < -0.4 is 0 Å². The van der Waals surface area contributed by atoms with Gasteiger partial charge in [-0.25, -0.2) is 0 Å². The van der Waals surface area contributed by atoms with Gasteiger partial charge in [0.05, 0.1) is 19.3 Å². The van der Waals surface area contributed by atoms with Crippen LogP contribution in [0.3, 0.4) is 0 Å². The van der Waals surface area contributed by atoms with E-state index in [0.29, 0.717) is 0 Å². The minimum absolute atomic E-state index is 0.224. The fourth-order valence-corrected chi connectivity index (χ4v) is 4.27. The molecule has 0 saturated carbocycles. The van der Waals surface area contributed by atoms with Crippen molar-refractivity contribution in [1.29, 1.82) is 0 Å². The normalized spacial score (nSPS) is 28.2. The Morgan fingerprint density at radius 3 is 2.65 bits per heavy atom. The Hall–Kier alpha value is 0.190. The summed E-state index contributed by atoms with van der Waals surface area (Å²) in [5, 5.41) is 11.1. The van der Waals surface area contributed by atoms with Gasteiger partial charge in [-0.3, -0.25) is 9.80 Å². The number of aliphatic hydroxyl groups excluding tert-OH is 1. The second-order valence-electron chi connectivity index (χ2n) is 5.90. The number of ether oxygens (including phenoxy) is 1. The topological polar surface area (TPSA) is 35.9 Å². The van der Waals surface area contributed by atoms with E-state index in [9.17, 15) is 5.11 Å². The SMILES string of the molecule is CCSC1CCCCN(CC(O)CN2CCOCC2)C1. The summed E-state index contributed by atoms with van der Waals surface area (Å²) in [5.41, 5.74) is 0. The Kier molecular flexibility index (Phi) is 7.66. The van der Waals surface area contributed by atoms with E-state index >= 15 is 0 Å². The number of nitrogens with zero attached hydrogens (tertiary/aromatic N) is 2. The van der Waals surface area contributed by atoms with E-state index in [4.69, 9.17) is 4.74 Å². The van der Waals surface area contributed by atoms with Crippen molar-refractivity contribution >= 4 is 11.8 Å². The molecule has 1 N–H and O–H groups in total. The molecule has 2 aliphatic rings. The molecule has 2 fully saturated rings. The summed E-state index contributed by atoms with van der Waals surface area (Å²) in [6, 6.07) is 0. The molecular formula is C15H30N2O2S. The number of likely N-dealkylation sites (tertiary alicyclic amines) is 1. The highest BCUT2D eigenvalue weighted by Gasteiger charge is 2.21. The fraction of sp³-hybridized carbons (Fsp3) is 1.00. The molecule has 0 spiro atoms. The molecule has 0 radical (unpaired) electrons. The largest absolute Gasteiger partial charge is 0.390 e. The van der Waals surface area contributed by atoms with Crippen molar-refractivity contribution < 1.29 is 9.84 Å². The van der Waals surface area contributed by atoms with E-state index in [1.165, 1.54) is 25.0 Å². The Balaban J connectivity index is 1.72. The highest BCUT2D eigenvalue weighted by molar-refractivity contribution is 7.99. The van der Waals surface area contributed by atoms with Crippen molar-refractivity contribution in [1.82, 2.24) is 9.80 Å². The molecule has 5 heteroatoms. The number of aliphatic hydroxyl groups is 1. The second kappa shape index (κ2) is 9.26. The average Bonchev–Trinajstić information content (AvgIpc) is 2.65. The number of hydrogen-bond acceptors (Lipinski definition) is 5. The average molecular weight is 302 g/mol. The number of thioether (sulfide) groups is 1. The van der Waals surface area contributed by atoms with Gasteiger partial charge in [-0.05, 0) is 25.1 Å². The highest BCUT2D eigenvalue weighted by atomic mass is 32.2. The summed E-state index contributed by atoms with van der Waals surface area (Å²) in [6.45, 7) is 9.73. The van der Waals surface area contributed by atoms with E-state index in [1.807, 2.05) is 0 Å². The molecule has 0 aromatic rings. The lowest BCUT2D eigenvalue weighted by Gasteiger charge is -2.31. The van der Waals surface area contributed by atoms with E-state index in [1.54, 1.807) is 0 Å². The van der Waals surface area contributed by atoms with Gasteiger partial charge in [-0.1, -0.05) is 13.3 Å². The van der Waals surface area contributed by atoms with E-state index in [0.717, 1.165) is 57.7 Å². The van der Waals surface area contributed by atoms with Crippen LogP contribution in [0.5, 0.6) is 0 Å². The number of β-amino-alcohol motifs (C(OH)–C–C–N with tert-alkyl or cyclic N) is 1. The predicted molar refractivity (Wildman–Crippen MR) is 85.5 cm³/mol. The van der Waals surface area contributed by atoms with Gasteiger partial charge in [0.15, 0.2) is 0 Å².